The van der Waals surface area contributed by atoms with Gasteiger partial charge < -0.3 is 4.74 Å². The molecule has 1 saturated heterocycles. The van der Waals surface area contributed by atoms with Crippen molar-refractivity contribution in [1.29, 1.82) is 0 Å². The van der Waals surface area contributed by atoms with Crippen LogP contribution in [0.15, 0.2) is 42.2 Å². The molecule has 154 valence electrons. The zero-order valence-electron chi connectivity index (χ0n) is 18.3. The maximum Gasteiger partial charge on any atom is 0.0950 e. The van der Waals surface area contributed by atoms with E-state index in [-0.39, 0.29) is 0 Å². The highest BCUT2D eigenvalue weighted by molar-refractivity contribution is 7.09. The Morgan fingerprint density at radius 1 is 0.889 bits per heavy atom. The molecule has 0 radical (unpaired) electrons. The Morgan fingerprint density at radius 2 is 1.44 bits per heavy atom. The number of rotatable bonds is 2. The first-order chi connectivity index (χ1) is 12.8. The molecule has 0 atom stereocenters. The normalized spacial score (nSPS) is 13.9. The summed E-state index contributed by atoms with van der Waals surface area (Å²) in [4.78, 5) is 10.4. The van der Waals surface area contributed by atoms with Crippen molar-refractivity contribution in [2.75, 3.05) is 26.3 Å². The standard InChI is InChI=1S/C7H15NO.C6H9NS.C5H5N.C4H10/c1-7(2)8-3-5-9-6-4-8;1-5(2)6-7-3-4-8-6;1-2-4-6-5-3-1;1-4(2)3/h7H,3-6H2,1-2H3;3-5H,1-2H3;1-5H;4H,1-3H3. The minimum atomic E-state index is 0.593. The van der Waals surface area contributed by atoms with Crippen LogP contribution in [0.25, 0.3) is 0 Å². The fourth-order valence-electron chi connectivity index (χ4n) is 1.93. The molecular weight excluding hydrogens is 354 g/mol. The van der Waals surface area contributed by atoms with Crippen LogP contribution in [-0.4, -0.2) is 47.2 Å². The van der Waals surface area contributed by atoms with Gasteiger partial charge >= 0.3 is 0 Å². The smallest absolute Gasteiger partial charge is 0.0950 e. The van der Waals surface area contributed by atoms with Crippen molar-refractivity contribution in [3.8, 4) is 0 Å². The van der Waals surface area contributed by atoms with Crippen LogP contribution in [0.5, 0.6) is 0 Å². The molecule has 27 heavy (non-hydrogen) atoms. The topological polar surface area (TPSA) is 38.2 Å². The van der Waals surface area contributed by atoms with Gasteiger partial charge in [0.2, 0.25) is 0 Å². The molecule has 0 aromatic carbocycles. The third-order valence-electron chi connectivity index (χ3n) is 3.29. The number of hydrogen-bond donors (Lipinski definition) is 0. The molecule has 0 amide bonds. The van der Waals surface area contributed by atoms with E-state index in [1.807, 2.05) is 29.8 Å². The Bertz CT molecular complexity index is 480. The summed E-state index contributed by atoms with van der Waals surface area (Å²) in [5.41, 5.74) is 0. The summed E-state index contributed by atoms with van der Waals surface area (Å²) in [7, 11) is 0. The predicted molar refractivity (Wildman–Crippen MR) is 118 cm³/mol. The van der Waals surface area contributed by atoms with Gasteiger partial charge in [0.15, 0.2) is 0 Å². The minimum Gasteiger partial charge on any atom is -0.379 e. The number of thiazole rings is 1. The van der Waals surface area contributed by atoms with E-state index in [0.29, 0.717) is 12.0 Å². The van der Waals surface area contributed by atoms with Gasteiger partial charge in [0.05, 0.1) is 18.2 Å². The molecule has 0 bridgehead atoms. The second-order valence-corrected chi connectivity index (χ2v) is 8.45. The van der Waals surface area contributed by atoms with E-state index in [1.54, 1.807) is 23.7 Å². The highest BCUT2D eigenvalue weighted by atomic mass is 32.1. The molecule has 0 aliphatic carbocycles. The molecule has 5 heteroatoms. The first-order valence-electron chi connectivity index (χ1n) is 9.90. The van der Waals surface area contributed by atoms with Crippen LogP contribution in [0.2, 0.25) is 0 Å². The third-order valence-corrected chi connectivity index (χ3v) is 4.36. The number of aromatic nitrogens is 2. The van der Waals surface area contributed by atoms with Crippen molar-refractivity contribution in [3.63, 3.8) is 0 Å². The molecule has 1 aliphatic rings. The number of pyridine rings is 1. The average molecular weight is 394 g/mol. The lowest BCUT2D eigenvalue weighted by Crippen LogP contribution is -2.40. The lowest BCUT2D eigenvalue weighted by atomic mass is 10.2. The van der Waals surface area contributed by atoms with Gasteiger partial charge in [0, 0.05) is 49.0 Å². The van der Waals surface area contributed by atoms with Gasteiger partial charge in [-0.05, 0) is 31.9 Å². The highest BCUT2D eigenvalue weighted by Crippen LogP contribution is 2.15. The second-order valence-electron chi connectivity index (χ2n) is 7.52. The average Bonchev–Trinajstić information content (AvgIpc) is 3.20. The Kier molecular flexibility index (Phi) is 16.0. The van der Waals surface area contributed by atoms with Gasteiger partial charge in [-0.25, -0.2) is 4.98 Å². The van der Waals surface area contributed by atoms with Crippen LogP contribution in [-0.2, 0) is 4.74 Å². The van der Waals surface area contributed by atoms with E-state index in [0.717, 1.165) is 32.2 Å². The van der Waals surface area contributed by atoms with Crippen molar-refractivity contribution in [3.05, 3.63) is 47.2 Å². The van der Waals surface area contributed by atoms with Gasteiger partial charge in [0.1, 0.15) is 0 Å². The summed E-state index contributed by atoms with van der Waals surface area (Å²) >= 11 is 1.72. The summed E-state index contributed by atoms with van der Waals surface area (Å²) in [6.45, 7) is 19.3. The Morgan fingerprint density at radius 3 is 1.67 bits per heavy atom. The van der Waals surface area contributed by atoms with E-state index in [9.17, 15) is 0 Å². The van der Waals surface area contributed by atoms with E-state index in [2.05, 4.69) is 63.3 Å². The highest BCUT2D eigenvalue weighted by Gasteiger charge is 2.11. The zero-order valence-corrected chi connectivity index (χ0v) is 19.1. The van der Waals surface area contributed by atoms with Gasteiger partial charge in [-0.3, -0.25) is 9.88 Å². The molecular formula is C22H39N3OS. The molecule has 4 nitrogen and oxygen atoms in total. The van der Waals surface area contributed by atoms with Crippen LogP contribution < -0.4 is 0 Å². The number of ether oxygens (including phenoxy) is 1. The molecule has 1 aliphatic heterocycles. The lowest BCUT2D eigenvalue weighted by Gasteiger charge is -2.29. The van der Waals surface area contributed by atoms with Crippen LogP contribution in [0.3, 0.4) is 0 Å². The van der Waals surface area contributed by atoms with Gasteiger partial charge in [-0.15, -0.1) is 11.3 Å². The predicted octanol–water partition coefficient (Wildman–Crippen LogP) is 5.74. The second kappa shape index (κ2) is 16.8. The number of hydrogen-bond acceptors (Lipinski definition) is 5. The summed E-state index contributed by atoms with van der Waals surface area (Å²) in [6.07, 6.45) is 5.35. The lowest BCUT2D eigenvalue weighted by molar-refractivity contribution is 0.0238. The third kappa shape index (κ3) is 16.6. The summed E-state index contributed by atoms with van der Waals surface area (Å²) in [6, 6.07) is 6.40. The van der Waals surface area contributed by atoms with Crippen molar-refractivity contribution in [2.24, 2.45) is 5.92 Å². The molecule has 3 rings (SSSR count). The van der Waals surface area contributed by atoms with Crippen molar-refractivity contribution >= 4 is 11.3 Å². The Labute approximate surface area is 171 Å². The van der Waals surface area contributed by atoms with Gasteiger partial charge in [-0.2, -0.15) is 0 Å². The summed E-state index contributed by atoms with van der Waals surface area (Å²) < 4.78 is 5.21. The van der Waals surface area contributed by atoms with Crippen LogP contribution in [0.1, 0.15) is 59.4 Å². The molecule has 2 aromatic rings. The maximum atomic E-state index is 5.21. The van der Waals surface area contributed by atoms with Crippen LogP contribution in [0.4, 0.5) is 0 Å². The Hall–Kier alpha value is -1.30. The molecule has 0 N–H and O–H groups in total. The largest absolute Gasteiger partial charge is 0.379 e. The monoisotopic (exact) mass is 393 g/mol. The first-order valence-corrected chi connectivity index (χ1v) is 10.8. The van der Waals surface area contributed by atoms with Crippen LogP contribution >= 0.6 is 11.3 Å². The summed E-state index contributed by atoms with van der Waals surface area (Å²) in [5, 5.41) is 3.24. The van der Waals surface area contributed by atoms with Crippen molar-refractivity contribution in [2.45, 2.75) is 60.4 Å². The van der Waals surface area contributed by atoms with Gasteiger partial charge in [-0.1, -0.05) is 40.7 Å². The molecule has 3 heterocycles. The van der Waals surface area contributed by atoms with Crippen molar-refractivity contribution in [1.82, 2.24) is 14.9 Å². The van der Waals surface area contributed by atoms with Crippen molar-refractivity contribution < 1.29 is 4.74 Å². The van der Waals surface area contributed by atoms with E-state index in [4.69, 9.17) is 4.74 Å². The fraction of sp³-hybridized carbons (Fsp3) is 0.636. The molecule has 0 unspecified atom stereocenters. The summed E-state index contributed by atoms with van der Waals surface area (Å²) in [5.74, 6) is 1.43. The maximum absolute atomic E-state index is 5.21. The zero-order chi connectivity index (χ0) is 20.5. The molecule has 0 spiro atoms. The SMILES string of the molecule is CC(C)C.CC(C)N1CCOCC1.CC(C)c1nccs1.c1ccncc1. The first kappa shape index (κ1) is 25.7. The van der Waals surface area contributed by atoms with E-state index in [1.165, 1.54) is 5.01 Å². The minimum absolute atomic E-state index is 0.593. The van der Waals surface area contributed by atoms with E-state index < -0.39 is 0 Å². The molecule has 1 fully saturated rings. The fourth-order valence-corrected chi connectivity index (χ4v) is 2.58. The van der Waals surface area contributed by atoms with Gasteiger partial charge in [0.25, 0.3) is 0 Å². The van der Waals surface area contributed by atoms with Crippen LogP contribution in [0, 0.1) is 5.92 Å². The molecule has 2 aromatic heterocycles. The number of nitrogens with zero attached hydrogens (tertiary/aromatic N) is 3. The van der Waals surface area contributed by atoms with E-state index >= 15 is 0 Å². The molecule has 0 saturated carbocycles. The number of morpholine rings is 1. The Balaban J connectivity index is 0.000000348. The quantitative estimate of drug-likeness (QED) is 0.652.